The minimum absolute atomic E-state index is 0.00440. The van der Waals surface area contributed by atoms with E-state index < -0.39 is 53.2 Å². The SMILES string of the molecule is CCN1NC(C(F)(F)F)C(C)C1/N=C(/NC(=O)C1CCC(Cl)CC1Cl)NC1CC(F)CC(Cl)C1. The van der Waals surface area contributed by atoms with Crippen molar-refractivity contribution in [3.8, 4) is 0 Å². The van der Waals surface area contributed by atoms with Gasteiger partial charge in [-0.25, -0.2) is 19.8 Å². The highest BCUT2D eigenvalue weighted by atomic mass is 35.5. The molecular formula is C21H32Cl3F4N5O. The minimum atomic E-state index is -4.46. The molecule has 9 atom stereocenters. The second-order valence-electron chi connectivity index (χ2n) is 9.45. The largest absolute Gasteiger partial charge is 0.405 e. The average Bonchev–Trinajstić information content (AvgIpc) is 3.02. The molecule has 1 amide bonds. The Kier molecular flexibility index (Phi) is 9.62. The van der Waals surface area contributed by atoms with Crippen molar-refractivity contribution in [1.29, 1.82) is 0 Å². The van der Waals surface area contributed by atoms with Crippen LogP contribution in [0, 0.1) is 11.8 Å². The first-order chi connectivity index (χ1) is 15.9. The topological polar surface area (TPSA) is 68.8 Å². The number of alkyl halides is 7. The molecule has 0 bridgehead atoms. The zero-order valence-electron chi connectivity index (χ0n) is 19.1. The van der Waals surface area contributed by atoms with Gasteiger partial charge >= 0.3 is 6.18 Å². The van der Waals surface area contributed by atoms with Crippen molar-refractivity contribution in [3.63, 3.8) is 0 Å². The van der Waals surface area contributed by atoms with Crippen molar-refractivity contribution < 1.29 is 22.4 Å². The van der Waals surface area contributed by atoms with Crippen molar-refractivity contribution in [2.45, 2.75) is 99.1 Å². The van der Waals surface area contributed by atoms with E-state index in [2.05, 4.69) is 21.1 Å². The summed E-state index contributed by atoms with van der Waals surface area (Å²) in [4.78, 5) is 17.6. The van der Waals surface area contributed by atoms with Crippen LogP contribution in [0.25, 0.3) is 0 Å². The number of halogens is 7. The molecule has 3 N–H and O–H groups in total. The van der Waals surface area contributed by atoms with Crippen LogP contribution in [0.2, 0.25) is 0 Å². The molecule has 0 radical (unpaired) electrons. The molecule has 34 heavy (non-hydrogen) atoms. The maximum atomic E-state index is 14.1. The van der Waals surface area contributed by atoms with Gasteiger partial charge < -0.3 is 5.32 Å². The number of carbonyl (C=O) groups is 1. The van der Waals surface area contributed by atoms with Crippen molar-refractivity contribution >= 4 is 46.7 Å². The number of nitrogens with zero attached hydrogens (tertiary/aromatic N) is 2. The van der Waals surface area contributed by atoms with Crippen LogP contribution in [0.3, 0.4) is 0 Å². The zero-order valence-corrected chi connectivity index (χ0v) is 21.4. The predicted octanol–water partition coefficient (Wildman–Crippen LogP) is 4.29. The highest BCUT2D eigenvalue weighted by molar-refractivity contribution is 6.25. The molecule has 1 saturated heterocycles. The first kappa shape index (κ1) is 28.0. The Bertz CT molecular complexity index is 736. The summed E-state index contributed by atoms with van der Waals surface area (Å²) in [7, 11) is 0. The lowest BCUT2D eigenvalue weighted by molar-refractivity contribution is -0.163. The maximum Gasteiger partial charge on any atom is 0.405 e. The number of carbonyl (C=O) groups excluding carboxylic acids is 1. The van der Waals surface area contributed by atoms with E-state index >= 15 is 0 Å². The van der Waals surface area contributed by atoms with Gasteiger partial charge in [0.25, 0.3) is 0 Å². The van der Waals surface area contributed by atoms with Crippen molar-refractivity contribution in [3.05, 3.63) is 0 Å². The van der Waals surface area contributed by atoms with Crippen LogP contribution in [0.15, 0.2) is 4.99 Å². The Morgan fingerprint density at radius 2 is 1.82 bits per heavy atom. The van der Waals surface area contributed by atoms with Crippen molar-refractivity contribution in [2.24, 2.45) is 16.8 Å². The van der Waals surface area contributed by atoms with Crippen LogP contribution in [-0.4, -0.2) is 70.1 Å². The minimum Gasteiger partial charge on any atom is -0.353 e. The van der Waals surface area contributed by atoms with Crippen LogP contribution in [0.4, 0.5) is 17.6 Å². The lowest BCUT2D eigenvalue weighted by atomic mass is 9.88. The van der Waals surface area contributed by atoms with Crippen molar-refractivity contribution in [1.82, 2.24) is 21.1 Å². The van der Waals surface area contributed by atoms with Gasteiger partial charge in [0, 0.05) is 34.6 Å². The summed E-state index contributed by atoms with van der Waals surface area (Å²) >= 11 is 18.7. The molecule has 1 heterocycles. The fraction of sp³-hybridized carbons (Fsp3) is 0.905. The molecule has 3 fully saturated rings. The van der Waals surface area contributed by atoms with Gasteiger partial charge in [0.1, 0.15) is 18.4 Å². The van der Waals surface area contributed by atoms with Gasteiger partial charge in [-0.3, -0.25) is 10.1 Å². The van der Waals surface area contributed by atoms with Gasteiger partial charge in [0.2, 0.25) is 5.91 Å². The quantitative estimate of drug-likeness (QED) is 0.211. The Morgan fingerprint density at radius 3 is 2.41 bits per heavy atom. The van der Waals surface area contributed by atoms with E-state index in [1.807, 2.05) is 0 Å². The Balaban J connectivity index is 1.83. The van der Waals surface area contributed by atoms with E-state index in [1.165, 1.54) is 11.9 Å². The summed E-state index contributed by atoms with van der Waals surface area (Å²) in [6.45, 7) is 3.43. The van der Waals surface area contributed by atoms with Crippen LogP contribution in [0.1, 0.15) is 52.4 Å². The third-order valence-electron chi connectivity index (χ3n) is 6.79. The lowest BCUT2D eigenvalue weighted by Crippen LogP contribution is -2.52. The summed E-state index contributed by atoms with van der Waals surface area (Å²) in [5.41, 5.74) is 2.48. The van der Waals surface area contributed by atoms with Gasteiger partial charge in [-0.05, 0) is 38.5 Å². The maximum absolute atomic E-state index is 14.1. The number of aliphatic imine (C=N–C) groups is 1. The Hall–Kier alpha value is -0.550. The number of nitrogens with one attached hydrogen (secondary N) is 3. The molecule has 3 rings (SSSR count). The van der Waals surface area contributed by atoms with Gasteiger partial charge in [-0.15, -0.1) is 34.8 Å². The number of hydrogen-bond acceptors (Lipinski definition) is 4. The molecule has 6 nitrogen and oxygen atoms in total. The van der Waals surface area contributed by atoms with Gasteiger partial charge in [0.15, 0.2) is 5.96 Å². The number of amides is 1. The second kappa shape index (κ2) is 11.7. The van der Waals surface area contributed by atoms with E-state index in [-0.39, 0.29) is 36.6 Å². The van der Waals surface area contributed by atoms with Crippen LogP contribution < -0.4 is 16.1 Å². The number of hydrogen-bond donors (Lipinski definition) is 3. The van der Waals surface area contributed by atoms with Gasteiger partial charge in [0.05, 0.1) is 5.92 Å². The fourth-order valence-corrected chi connectivity index (χ4v) is 6.24. The van der Waals surface area contributed by atoms with Crippen molar-refractivity contribution in [2.75, 3.05) is 6.54 Å². The molecule has 0 aromatic heterocycles. The molecule has 196 valence electrons. The molecule has 2 saturated carbocycles. The van der Waals surface area contributed by atoms with Gasteiger partial charge in [-0.2, -0.15) is 13.2 Å². The van der Waals surface area contributed by atoms with E-state index in [9.17, 15) is 22.4 Å². The van der Waals surface area contributed by atoms with Crippen LogP contribution >= 0.6 is 34.8 Å². The molecular weight excluding hydrogens is 521 g/mol. The molecule has 13 heteroatoms. The van der Waals surface area contributed by atoms with E-state index in [0.29, 0.717) is 25.7 Å². The molecule has 1 aliphatic heterocycles. The third-order valence-corrected chi connectivity index (χ3v) is 8.03. The standard InChI is InChI=1S/C21H32Cl3F4N5O/c1-3-33-18(10(2)17(32-33)21(26,27)28)30-20(29-14-7-12(23)6-13(25)9-14)31-19(34)15-5-4-11(22)8-16(15)24/h10-18,32H,3-9H2,1-2H3,(H2,29,30,31,34). The van der Waals surface area contributed by atoms with E-state index in [1.54, 1.807) is 6.92 Å². The molecule has 0 aromatic rings. The van der Waals surface area contributed by atoms with Crippen LogP contribution in [-0.2, 0) is 4.79 Å². The van der Waals surface area contributed by atoms with Gasteiger partial charge in [-0.1, -0.05) is 13.8 Å². The highest BCUT2D eigenvalue weighted by Crippen LogP contribution is 2.35. The summed E-state index contributed by atoms with van der Waals surface area (Å²) < 4.78 is 54.7. The summed E-state index contributed by atoms with van der Waals surface area (Å²) in [6.07, 6.45) is -4.06. The highest BCUT2D eigenvalue weighted by Gasteiger charge is 2.52. The number of rotatable bonds is 4. The molecule has 3 aliphatic rings. The molecule has 9 unspecified atom stereocenters. The molecule has 2 aliphatic carbocycles. The monoisotopic (exact) mass is 551 g/mol. The average molecular weight is 553 g/mol. The first-order valence-electron chi connectivity index (χ1n) is 11.7. The fourth-order valence-electron chi connectivity index (χ4n) is 4.97. The summed E-state index contributed by atoms with van der Waals surface area (Å²) in [5, 5.41) is 6.20. The normalized spacial score (nSPS) is 40.3. The summed E-state index contributed by atoms with van der Waals surface area (Å²) in [5.74, 6) is -1.83. The van der Waals surface area contributed by atoms with E-state index in [0.717, 1.165) is 0 Å². The third kappa shape index (κ3) is 7.02. The number of guanidine groups is 1. The Labute approximate surface area is 212 Å². The predicted molar refractivity (Wildman–Crippen MR) is 126 cm³/mol. The summed E-state index contributed by atoms with van der Waals surface area (Å²) in [6, 6.07) is -2.20. The number of hydrazine groups is 1. The Morgan fingerprint density at radius 1 is 1.12 bits per heavy atom. The smallest absolute Gasteiger partial charge is 0.353 e. The van der Waals surface area contributed by atoms with Crippen LogP contribution in [0.5, 0.6) is 0 Å². The first-order valence-corrected chi connectivity index (χ1v) is 13.0. The second-order valence-corrected chi connectivity index (χ2v) is 11.2. The zero-order chi connectivity index (χ0) is 25.2. The molecule has 0 spiro atoms. The molecule has 0 aromatic carbocycles. The van der Waals surface area contributed by atoms with E-state index in [4.69, 9.17) is 34.8 Å². The lowest BCUT2D eigenvalue weighted by Gasteiger charge is -2.32.